The summed E-state index contributed by atoms with van der Waals surface area (Å²) in [7, 11) is 0. The highest BCUT2D eigenvalue weighted by atomic mass is 16.5. The molecule has 0 saturated heterocycles. The van der Waals surface area contributed by atoms with Gasteiger partial charge in [-0.25, -0.2) is 0 Å². The van der Waals surface area contributed by atoms with Crippen LogP contribution in [0.5, 0.6) is 0 Å². The van der Waals surface area contributed by atoms with Crippen LogP contribution in [0.1, 0.15) is 73.1 Å². The van der Waals surface area contributed by atoms with E-state index in [0.717, 1.165) is 31.5 Å². The minimum atomic E-state index is 0.114. The Balaban J connectivity index is 2.50. The highest BCUT2D eigenvalue weighted by molar-refractivity contribution is 4.90. The van der Waals surface area contributed by atoms with Gasteiger partial charge in [-0.3, -0.25) is 0 Å². The van der Waals surface area contributed by atoms with E-state index in [1.165, 1.54) is 38.5 Å². The summed E-state index contributed by atoms with van der Waals surface area (Å²) in [5.74, 6) is 2.42. The van der Waals surface area contributed by atoms with Gasteiger partial charge in [0, 0.05) is 13.2 Å². The van der Waals surface area contributed by atoms with Crippen molar-refractivity contribution in [3.8, 4) is 0 Å². The van der Waals surface area contributed by atoms with Crippen LogP contribution in [-0.4, -0.2) is 25.3 Å². The van der Waals surface area contributed by atoms with Gasteiger partial charge in [-0.2, -0.15) is 0 Å². The van der Waals surface area contributed by atoms with E-state index >= 15 is 0 Å². The number of nitrogens with one attached hydrogen (secondary N) is 1. The van der Waals surface area contributed by atoms with Crippen molar-refractivity contribution in [1.29, 1.82) is 0 Å². The summed E-state index contributed by atoms with van der Waals surface area (Å²) in [5.41, 5.74) is 0.114. The summed E-state index contributed by atoms with van der Waals surface area (Å²) in [5, 5.41) is 3.53. The van der Waals surface area contributed by atoms with Crippen molar-refractivity contribution < 1.29 is 4.74 Å². The molecule has 2 nitrogen and oxygen atoms in total. The quantitative estimate of drug-likeness (QED) is 0.666. The maximum absolute atomic E-state index is 6.45. The van der Waals surface area contributed by atoms with Crippen LogP contribution in [0.2, 0.25) is 0 Å². The molecule has 1 fully saturated rings. The van der Waals surface area contributed by atoms with Gasteiger partial charge < -0.3 is 10.1 Å². The number of hydrogen-bond donors (Lipinski definition) is 1. The second-order valence-corrected chi connectivity index (χ2v) is 7.25. The Labute approximate surface area is 127 Å². The summed E-state index contributed by atoms with van der Waals surface area (Å²) in [6.07, 6.45) is 7.70. The Hall–Kier alpha value is -0.0800. The highest BCUT2D eigenvalue weighted by Gasteiger charge is 2.36. The van der Waals surface area contributed by atoms with Gasteiger partial charge in [0.25, 0.3) is 0 Å². The minimum Gasteiger partial charge on any atom is -0.373 e. The maximum atomic E-state index is 6.45. The van der Waals surface area contributed by atoms with Crippen LogP contribution < -0.4 is 5.32 Å². The molecule has 0 aromatic rings. The van der Waals surface area contributed by atoms with E-state index in [4.69, 9.17) is 4.74 Å². The summed E-state index contributed by atoms with van der Waals surface area (Å²) in [6, 6.07) is 0. The molecule has 0 radical (unpaired) electrons. The van der Waals surface area contributed by atoms with Crippen molar-refractivity contribution in [3.63, 3.8) is 0 Å². The zero-order valence-corrected chi connectivity index (χ0v) is 14.5. The predicted octanol–water partition coefficient (Wildman–Crippen LogP) is 4.63. The van der Waals surface area contributed by atoms with Crippen LogP contribution in [0.15, 0.2) is 0 Å². The molecule has 0 aromatic heterocycles. The first-order chi connectivity index (χ1) is 9.53. The molecule has 1 aliphatic carbocycles. The summed E-state index contributed by atoms with van der Waals surface area (Å²) in [4.78, 5) is 0. The third-order valence-electron chi connectivity index (χ3n) is 5.04. The van der Waals surface area contributed by atoms with Crippen LogP contribution in [-0.2, 0) is 4.74 Å². The lowest BCUT2D eigenvalue weighted by Crippen LogP contribution is -2.47. The zero-order chi connectivity index (χ0) is 15.0. The van der Waals surface area contributed by atoms with Gasteiger partial charge in [0.05, 0.1) is 5.60 Å². The van der Waals surface area contributed by atoms with Gasteiger partial charge in [0.1, 0.15) is 0 Å². The SMILES string of the molecule is CCCC(C)COC1(CNCC)CCC(C(C)C)CC1. The van der Waals surface area contributed by atoms with Gasteiger partial charge in [-0.1, -0.05) is 41.0 Å². The van der Waals surface area contributed by atoms with Crippen LogP contribution in [0, 0.1) is 17.8 Å². The molecule has 1 rings (SSSR count). The van der Waals surface area contributed by atoms with Crippen molar-refractivity contribution in [3.05, 3.63) is 0 Å². The van der Waals surface area contributed by atoms with E-state index in [2.05, 4.69) is 39.9 Å². The largest absolute Gasteiger partial charge is 0.373 e. The topological polar surface area (TPSA) is 21.3 Å². The van der Waals surface area contributed by atoms with Crippen molar-refractivity contribution in [2.24, 2.45) is 17.8 Å². The zero-order valence-electron chi connectivity index (χ0n) is 14.5. The normalized spacial score (nSPS) is 28.8. The van der Waals surface area contributed by atoms with E-state index in [1.807, 2.05) is 0 Å². The van der Waals surface area contributed by atoms with Crippen molar-refractivity contribution in [2.45, 2.75) is 78.7 Å². The summed E-state index contributed by atoms with van der Waals surface area (Å²) < 4.78 is 6.45. The minimum absolute atomic E-state index is 0.114. The average molecular weight is 284 g/mol. The standard InChI is InChI=1S/C18H37NO/c1-6-8-16(5)13-20-18(14-19-7-2)11-9-17(10-12-18)15(3)4/h15-17,19H,6-14H2,1-5H3. The van der Waals surface area contributed by atoms with Crippen LogP contribution in [0.25, 0.3) is 0 Å². The fourth-order valence-electron chi connectivity index (χ4n) is 3.45. The number of rotatable bonds is 9. The molecule has 20 heavy (non-hydrogen) atoms. The van der Waals surface area contributed by atoms with Gasteiger partial charge in [0.15, 0.2) is 0 Å². The van der Waals surface area contributed by atoms with Gasteiger partial charge in [0.2, 0.25) is 0 Å². The molecule has 1 aliphatic rings. The first-order valence-corrected chi connectivity index (χ1v) is 8.87. The second kappa shape index (κ2) is 9.04. The lowest BCUT2D eigenvalue weighted by molar-refractivity contribution is -0.0903. The molecule has 0 aliphatic heterocycles. The molecular formula is C18H37NO. The Morgan fingerprint density at radius 1 is 1.15 bits per heavy atom. The van der Waals surface area contributed by atoms with Gasteiger partial charge >= 0.3 is 0 Å². The molecule has 0 heterocycles. The molecule has 0 bridgehead atoms. The molecule has 1 saturated carbocycles. The molecule has 120 valence electrons. The third kappa shape index (κ3) is 5.73. The van der Waals surface area contributed by atoms with E-state index in [0.29, 0.717) is 5.92 Å². The molecule has 2 heteroatoms. The number of likely N-dealkylation sites (N-methyl/N-ethyl adjacent to an activating group) is 1. The van der Waals surface area contributed by atoms with Crippen molar-refractivity contribution in [2.75, 3.05) is 19.7 Å². The van der Waals surface area contributed by atoms with Crippen LogP contribution in [0.4, 0.5) is 0 Å². The fraction of sp³-hybridized carbons (Fsp3) is 1.00. The molecule has 1 unspecified atom stereocenters. The lowest BCUT2D eigenvalue weighted by Gasteiger charge is -2.42. The van der Waals surface area contributed by atoms with Gasteiger partial charge in [-0.15, -0.1) is 0 Å². The maximum Gasteiger partial charge on any atom is 0.0806 e. The first-order valence-electron chi connectivity index (χ1n) is 8.87. The van der Waals surface area contributed by atoms with E-state index in [1.54, 1.807) is 0 Å². The van der Waals surface area contributed by atoms with Crippen LogP contribution >= 0.6 is 0 Å². The molecule has 1 atom stereocenters. The Morgan fingerprint density at radius 2 is 1.80 bits per heavy atom. The summed E-state index contributed by atoms with van der Waals surface area (Å²) >= 11 is 0. The number of hydrogen-bond acceptors (Lipinski definition) is 2. The monoisotopic (exact) mass is 283 g/mol. The molecule has 0 spiro atoms. The smallest absolute Gasteiger partial charge is 0.0806 e. The molecule has 1 N–H and O–H groups in total. The van der Waals surface area contributed by atoms with E-state index in [-0.39, 0.29) is 5.60 Å². The second-order valence-electron chi connectivity index (χ2n) is 7.25. The lowest BCUT2D eigenvalue weighted by atomic mass is 9.74. The van der Waals surface area contributed by atoms with E-state index in [9.17, 15) is 0 Å². The first kappa shape index (κ1) is 18.0. The van der Waals surface area contributed by atoms with Crippen molar-refractivity contribution >= 4 is 0 Å². The third-order valence-corrected chi connectivity index (χ3v) is 5.04. The molecular weight excluding hydrogens is 246 g/mol. The average Bonchev–Trinajstić information content (AvgIpc) is 2.44. The Kier molecular flexibility index (Phi) is 8.13. The van der Waals surface area contributed by atoms with Gasteiger partial charge in [-0.05, 0) is 56.4 Å². The Morgan fingerprint density at radius 3 is 2.30 bits per heavy atom. The number of ether oxygens (including phenoxy) is 1. The molecule has 0 aromatic carbocycles. The van der Waals surface area contributed by atoms with Crippen molar-refractivity contribution in [1.82, 2.24) is 5.32 Å². The highest BCUT2D eigenvalue weighted by Crippen LogP contribution is 2.38. The molecule has 0 amide bonds. The fourth-order valence-corrected chi connectivity index (χ4v) is 3.45. The van der Waals surface area contributed by atoms with E-state index < -0.39 is 0 Å². The van der Waals surface area contributed by atoms with Crippen LogP contribution in [0.3, 0.4) is 0 Å². The Bertz CT molecular complexity index is 244. The predicted molar refractivity (Wildman–Crippen MR) is 88.1 cm³/mol. The summed E-state index contributed by atoms with van der Waals surface area (Å²) in [6.45, 7) is 14.5.